The normalized spacial score (nSPS) is 43.8. The highest BCUT2D eigenvalue weighted by Crippen LogP contribution is 2.67. The van der Waals surface area contributed by atoms with Crippen molar-refractivity contribution in [1.82, 2.24) is 0 Å². The van der Waals surface area contributed by atoms with Crippen LogP contribution in [0.4, 0.5) is 0 Å². The number of rotatable bonds is 3. The third-order valence-corrected chi connectivity index (χ3v) is 5.88. The average molecular weight is 324 g/mol. The van der Waals surface area contributed by atoms with Crippen LogP contribution >= 0.6 is 15.4 Å². The van der Waals surface area contributed by atoms with Gasteiger partial charge in [-0.3, -0.25) is 4.57 Å². The van der Waals surface area contributed by atoms with E-state index in [9.17, 15) is 34.4 Å². The van der Waals surface area contributed by atoms with Crippen molar-refractivity contribution in [3.05, 3.63) is 0 Å². The highest BCUT2D eigenvalue weighted by Gasteiger charge is 2.62. The summed E-state index contributed by atoms with van der Waals surface area (Å²) < 4.78 is 30.5. The van der Waals surface area contributed by atoms with Crippen LogP contribution in [0.3, 0.4) is 0 Å². The lowest BCUT2D eigenvalue weighted by molar-refractivity contribution is -0.294. The molecule has 1 aliphatic heterocycles. The molecule has 0 spiro atoms. The zero-order valence-corrected chi connectivity index (χ0v) is 11.3. The summed E-state index contributed by atoms with van der Waals surface area (Å²) in [6.45, 7) is 0.687. The van der Waals surface area contributed by atoms with E-state index in [0.717, 1.165) is 0 Å². The van der Waals surface area contributed by atoms with E-state index in [1.165, 1.54) is 0 Å². The fourth-order valence-corrected chi connectivity index (χ4v) is 4.05. The average Bonchev–Trinajstić information content (AvgIpc) is 2.20. The Bertz CT molecular complexity index is 433. The topological polar surface area (TPSA) is 194 Å². The van der Waals surface area contributed by atoms with Gasteiger partial charge in [0.05, 0.1) is 0 Å². The van der Waals surface area contributed by atoms with Gasteiger partial charge < -0.3 is 39.8 Å². The standard InChI is InChI=1S/C6H14O11P2/c1-6(18(11,12)17-19(13,14)15)4(9)2(7)3(8)5(10)16-6/h2-5,7-10H,1H3,(H,11,12)(H2,13,14,15)/t2-,3-,4-,5-,6+/m0/s1. The van der Waals surface area contributed by atoms with Gasteiger partial charge in [-0.25, -0.2) is 8.88 Å². The van der Waals surface area contributed by atoms with Crippen molar-refractivity contribution in [3.8, 4) is 0 Å². The predicted octanol–water partition coefficient (Wildman–Crippen LogP) is -2.57. The van der Waals surface area contributed by atoms with Crippen molar-refractivity contribution in [1.29, 1.82) is 0 Å². The maximum absolute atomic E-state index is 11.8. The molecule has 0 bridgehead atoms. The molecular formula is C6H14O11P2. The maximum atomic E-state index is 11.8. The van der Waals surface area contributed by atoms with E-state index in [0.29, 0.717) is 6.92 Å². The first kappa shape index (κ1) is 17.2. The van der Waals surface area contributed by atoms with Crippen molar-refractivity contribution >= 4 is 15.4 Å². The molecule has 1 aliphatic rings. The molecule has 0 amide bonds. The van der Waals surface area contributed by atoms with Crippen LogP contribution < -0.4 is 0 Å². The van der Waals surface area contributed by atoms with Crippen molar-refractivity contribution in [2.24, 2.45) is 0 Å². The molecule has 0 saturated carbocycles. The van der Waals surface area contributed by atoms with Crippen LogP contribution in [-0.4, -0.2) is 65.1 Å². The van der Waals surface area contributed by atoms with Gasteiger partial charge in [0.25, 0.3) is 0 Å². The van der Waals surface area contributed by atoms with Gasteiger partial charge in [0.2, 0.25) is 0 Å². The summed E-state index contributed by atoms with van der Waals surface area (Å²) in [7, 11) is -10.7. The molecule has 11 nitrogen and oxygen atoms in total. The lowest BCUT2D eigenvalue weighted by Gasteiger charge is -2.45. The first-order chi connectivity index (χ1) is 8.32. The Kier molecular flexibility index (Phi) is 4.64. The predicted molar refractivity (Wildman–Crippen MR) is 56.5 cm³/mol. The third-order valence-electron chi connectivity index (χ3n) is 2.65. The van der Waals surface area contributed by atoms with E-state index in [1.54, 1.807) is 0 Å². The summed E-state index contributed by atoms with van der Waals surface area (Å²) in [6, 6.07) is 0. The van der Waals surface area contributed by atoms with Crippen LogP contribution in [0.15, 0.2) is 0 Å². The molecule has 7 N–H and O–H groups in total. The Hall–Kier alpha value is 0.100. The molecule has 0 aromatic rings. The number of hydrogen-bond donors (Lipinski definition) is 7. The van der Waals surface area contributed by atoms with Crippen LogP contribution in [0.5, 0.6) is 0 Å². The Morgan fingerprint density at radius 1 is 1.05 bits per heavy atom. The van der Waals surface area contributed by atoms with Crippen LogP contribution in [0.2, 0.25) is 0 Å². The zero-order valence-electron chi connectivity index (χ0n) is 9.47. The van der Waals surface area contributed by atoms with Crippen molar-refractivity contribution < 1.29 is 53.3 Å². The quantitative estimate of drug-likeness (QED) is 0.269. The molecule has 1 saturated heterocycles. The smallest absolute Gasteiger partial charge is 0.387 e. The third kappa shape index (κ3) is 3.23. The van der Waals surface area contributed by atoms with Gasteiger partial charge in [0, 0.05) is 0 Å². The van der Waals surface area contributed by atoms with Gasteiger partial charge in [-0.05, 0) is 6.92 Å². The lowest BCUT2D eigenvalue weighted by Crippen LogP contribution is -2.62. The highest BCUT2D eigenvalue weighted by atomic mass is 31.3. The van der Waals surface area contributed by atoms with Crippen molar-refractivity contribution in [2.45, 2.75) is 36.9 Å². The van der Waals surface area contributed by atoms with Crippen LogP contribution in [0.25, 0.3) is 0 Å². The number of phosphoric acid groups is 1. The second-order valence-corrected chi connectivity index (χ2v) is 7.64. The minimum absolute atomic E-state index is 0.687. The van der Waals surface area contributed by atoms with Crippen LogP contribution in [-0.2, 0) is 18.2 Å². The van der Waals surface area contributed by atoms with E-state index in [1.807, 2.05) is 0 Å². The van der Waals surface area contributed by atoms with Gasteiger partial charge in [0.1, 0.15) is 18.3 Å². The molecular weight excluding hydrogens is 310 g/mol. The Labute approximate surface area is 106 Å². The first-order valence-corrected chi connectivity index (χ1v) is 7.92. The van der Waals surface area contributed by atoms with Crippen molar-refractivity contribution in [2.75, 3.05) is 0 Å². The summed E-state index contributed by atoms with van der Waals surface area (Å²) in [6.07, 6.45) is -8.47. The molecule has 114 valence electrons. The fourth-order valence-electron chi connectivity index (χ4n) is 1.52. The molecule has 0 aliphatic carbocycles. The van der Waals surface area contributed by atoms with Crippen LogP contribution in [0.1, 0.15) is 6.92 Å². The van der Waals surface area contributed by atoms with Gasteiger partial charge in [-0.1, -0.05) is 0 Å². The van der Waals surface area contributed by atoms with Crippen molar-refractivity contribution in [3.63, 3.8) is 0 Å². The Morgan fingerprint density at radius 3 is 1.95 bits per heavy atom. The van der Waals surface area contributed by atoms with E-state index < -0.39 is 45.4 Å². The van der Waals surface area contributed by atoms with Gasteiger partial charge in [-0.15, -0.1) is 0 Å². The molecule has 1 fully saturated rings. The largest absolute Gasteiger partial charge is 0.476 e. The highest BCUT2D eigenvalue weighted by molar-refractivity contribution is 7.64. The number of hydrogen-bond acceptors (Lipinski definition) is 8. The summed E-state index contributed by atoms with van der Waals surface area (Å²) in [5.41, 5.74) is 0. The minimum Gasteiger partial charge on any atom is -0.387 e. The monoisotopic (exact) mass is 324 g/mol. The molecule has 1 rings (SSSR count). The Balaban J connectivity index is 3.15. The van der Waals surface area contributed by atoms with E-state index in [-0.39, 0.29) is 0 Å². The summed E-state index contributed by atoms with van der Waals surface area (Å²) in [5.74, 6) is 0. The van der Waals surface area contributed by atoms with E-state index in [4.69, 9.17) is 9.79 Å². The SMILES string of the molecule is C[C@]1(P(=O)(O)OP(=O)(O)O)O[C@H](O)[C@@H](O)[C@H](O)[C@@H]1O. The number of aliphatic hydroxyl groups excluding tert-OH is 4. The van der Waals surface area contributed by atoms with Crippen LogP contribution in [0, 0.1) is 0 Å². The molecule has 1 unspecified atom stereocenters. The fraction of sp³-hybridized carbons (Fsp3) is 1.00. The molecule has 6 atom stereocenters. The van der Waals surface area contributed by atoms with Gasteiger partial charge in [-0.2, -0.15) is 0 Å². The Morgan fingerprint density at radius 2 is 1.53 bits per heavy atom. The molecule has 1 heterocycles. The summed E-state index contributed by atoms with van der Waals surface area (Å²) in [4.78, 5) is 26.5. The molecule has 0 radical (unpaired) electrons. The second kappa shape index (κ2) is 5.14. The summed E-state index contributed by atoms with van der Waals surface area (Å²) in [5, 5.41) is 34.7. The molecule has 13 heteroatoms. The molecule has 0 aromatic heterocycles. The first-order valence-electron chi connectivity index (χ1n) is 4.82. The zero-order chi connectivity index (χ0) is 15.2. The summed E-state index contributed by atoms with van der Waals surface area (Å²) >= 11 is 0. The molecule has 0 aromatic carbocycles. The molecule has 19 heavy (non-hydrogen) atoms. The lowest BCUT2D eigenvalue weighted by atomic mass is 9.99. The van der Waals surface area contributed by atoms with E-state index in [2.05, 4.69) is 9.05 Å². The second-order valence-electron chi connectivity index (χ2n) is 4.08. The maximum Gasteiger partial charge on any atom is 0.476 e. The van der Waals surface area contributed by atoms with Gasteiger partial charge in [0.15, 0.2) is 11.6 Å². The number of ether oxygens (including phenoxy) is 1. The van der Waals surface area contributed by atoms with E-state index >= 15 is 0 Å². The number of aliphatic hydroxyl groups is 4. The minimum atomic E-state index is -5.41. The van der Waals surface area contributed by atoms with Gasteiger partial charge >= 0.3 is 15.4 Å².